The van der Waals surface area contributed by atoms with Crippen molar-refractivity contribution < 1.29 is 19.2 Å². The van der Waals surface area contributed by atoms with Gasteiger partial charge in [-0.15, -0.1) is 0 Å². The molecule has 1 heterocycles. The number of halogens is 1. The molecule has 1 aliphatic rings. The third kappa shape index (κ3) is 3.50. The molecule has 1 unspecified atom stereocenters. The van der Waals surface area contributed by atoms with E-state index in [9.17, 15) is 9.90 Å². The van der Waals surface area contributed by atoms with Gasteiger partial charge in [-0.05, 0) is 45.4 Å². The minimum absolute atomic E-state index is 0.0344. The molecule has 2 rings (SSSR count). The van der Waals surface area contributed by atoms with Crippen LogP contribution in [0, 0.1) is 0 Å². The Bertz CT molecular complexity index is 528. The predicted molar refractivity (Wildman–Crippen MR) is 85.2 cm³/mol. The highest BCUT2D eigenvalue weighted by atomic mass is 79.9. The summed E-state index contributed by atoms with van der Waals surface area (Å²) in [5.41, 5.74) is -0.0498. The summed E-state index contributed by atoms with van der Waals surface area (Å²) in [5.74, 6) is -1.21. The van der Waals surface area contributed by atoms with E-state index < -0.39 is 24.3 Å². The van der Waals surface area contributed by atoms with Crippen molar-refractivity contribution in [2.45, 2.75) is 51.1 Å². The number of carboxylic acid groups (broad SMARTS) is 1. The Balaban J connectivity index is 2.32. The maximum atomic E-state index is 11.2. The molecule has 1 aromatic rings. The van der Waals surface area contributed by atoms with Crippen molar-refractivity contribution in [2.75, 3.05) is 0 Å². The molecular weight excluding hydrogens is 335 g/mol. The highest BCUT2D eigenvalue weighted by Crippen LogP contribution is 2.41. The molecule has 0 spiro atoms. The first-order valence-corrected chi connectivity index (χ1v) is 7.74. The van der Waals surface area contributed by atoms with Crippen LogP contribution < -0.4 is 0 Å². The smallest absolute Gasteiger partial charge is 0.466 e. The zero-order valence-corrected chi connectivity index (χ0v) is 14.3. The molecule has 1 fully saturated rings. The number of hydrogen-bond acceptors (Lipinski definition) is 3. The standard InChI is InChI=1S/C15H20BBrO4/c1-14(2)15(3,4)21-16(20-14)12(9-13(18)19)10-6-5-7-11(17)8-10/h5-8,12H,9H2,1-4H3,(H,18,19). The monoisotopic (exact) mass is 354 g/mol. The number of carbonyl (C=O) groups is 1. The van der Waals surface area contributed by atoms with Gasteiger partial charge >= 0.3 is 13.1 Å². The van der Waals surface area contributed by atoms with Crippen LogP contribution in [0.5, 0.6) is 0 Å². The Morgan fingerprint density at radius 1 is 1.29 bits per heavy atom. The topological polar surface area (TPSA) is 55.8 Å². The summed E-state index contributed by atoms with van der Waals surface area (Å²) >= 11 is 3.42. The van der Waals surface area contributed by atoms with E-state index in [0.717, 1.165) is 10.0 Å². The molecule has 0 radical (unpaired) electrons. The Hall–Kier alpha value is -0.845. The van der Waals surface area contributed by atoms with Crippen molar-refractivity contribution in [1.29, 1.82) is 0 Å². The quantitative estimate of drug-likeness (QED) is 0.838. The molecule has 114 valence electrons. The summed E-state index contributed by atoms with van der Waals surface area (Å²) in [4.78, 5) is 11.2. The molecule has 6 heteroatoms. The summed E-state index contributed by atoms with van der Waals surface area (Å²) in [6, 6.07) is 7.62. The lowest BCUT2D eigenvalue weighted by Gasteiger charge is -2.32. The first-order valence-electron chi connectivity index (χ1n) is 6.95. The zero-order valence-electron chi connectivity index (χ0n) is 12.7. The van der Waals surface area contributed by atoms with Gasteiger partial charge in [0, 0.05) is 10.3 Å². The number of hydrogen-bond donors (Lipinski definition) is 1. The molecule has 0 aromatic heterocycles. The molecule has 1 aliphatic heterocycles. The molecule has 21 heavy (non-hydrogen) atoms. The van der Waals surface area contributed by atoms with Crippen LogP contribution in [0.25, 0.3) is 0 Å². The van der Waals surface area contributed by atoms with Gasteiger partial charge in [-0.1, -0.05) is 28.1 Å². The molecule has 1 atom stereocenters. The Kier molecular flexibility index (Phi) is 4.52. The van der Waals surface area contributed by atoms with Gasteiger partial charge in [0.1, 0.15) is 0 Å². The Labute approximate surface area is 134 Å². The van der Waals surface area contributed by atoms with Gasteiger partial charge in [0.15, 0.2) is 0 Å². The van der Waals surface area contributed by atoms with Gasteiger partial charge in [-0.25, -0.2) is 0 Å². The van der Waals surface area contributed by atoms with Crippen LogP contribution in [0.4, 0.5) is 0 Å². The third-order valence-corrected chi connectivity index (χ3v) is 4.76. The van der Waals surface area contributed by atoms with Crippen molar-refractivity contribution >= 4 is 29.0 Å². The molecule has 1 saturated heterocycles. The normalized spacial score (nSPS) is 21.3. The van der Waals surface area contributed by atoms with E-state index in [0.29, 0.717) is 0 Å². The fourth-order valence-electron chi connectivity index (χ4n) is 2.35. The molecule has 1 N–H and O–H groups in total. The average molecular weight is 355 g/mol. The summed E-state index contributed by atoms with van der Waals surface area (Å²) in [6.07, 6.45) is -0.0344. The minimum Gasteiger partial charge on any atom is -0.481 e. The average Bonchev–Trinajstić information content (AvgIpc) is 2.55. The molecule has 0 saturated carbocycles. The predicted octanol–water partition coefficient (Wildman–Crippen LogP) is 3.64. The molecule has 4 nitrogen and oxygen atoms in total. The fraction of sp³-hybridized carbons (Fsp3) is 0.533. The van der Waals surface area contributed by atoms with Crippen molar-refractivity contribution in [1.82, 2.24) is 0 Å². The molecule has 0 amide bonds. The largest absolute Gasteiger partial charge is 0.481 e. The molecular formula is C15H20BBrO4. The van der Waals surface area contributed by atoms with Crippen LogP contribution in [0.3, 0.4) is 0 Å². The Morgan fingerprint density at radius 2 is 1.86 bits per heavy atom. The maximum Gasteiger partial charge on any atom is 0.466 e. The van der Waals surface area contributed by atoms with E-state index >= 15 is 0 Å². The van der Waals surface area contributed by atoms with E-state index in [4.69, 9.17) is 9.31 Å². The van der Waals surface area contributed by atoms with Gasteiger partial charge in [-0.2, -0.15) is 0 Å². The van der Waals surface area contributed by atoms with Gasteiger partial charge in [0.05, 0.1) is 17.6 Å². The van der Waals surface area contributed by atoms with Gasteiger partial charge in [0.25, 0.3) is 0 Å². The fourth-order valence-corrected chi connectivity index (χ4v) is 2.77. The lowest BCUT2D eigenvalue weighted by Crippen LogP contribution is -2.41. The molecule has 1 aromatic carbocycles. The van der Waals surface area contributed by atoms with Gasteiger partial charge < -0.3 is 14.4 Å². The van der Waals surface area contributed by atoms with Crippen LogP contribution >= 0.6 is 15.9 Å². The second kappa shape index (κ2) is 5.74. The summed E-state index contributed by atoms with van der Waals surface area (Å²) in [5, 5.41) is 9.21. The first kappa shape index (κ1) is 16.5. The lowest BCUT2D eigenvalue weighted by atomic mass is 9.66. The molecule has 0 aliphatic carbocycles. The number of benzene rings is 1. The van der Waals surface area contributed by atoms with E-state index in [1.165, 1.54) is 0 Å². The summed E-state index contributed by atoms with van der Waals surface area (Å²) < 4.78 is 13.0. The maximum absolute atomic E-state index is 11.2. The number of rotatable bonds is 4. The van der Waals surface area contributed by atoms with Crippen molar-refractivity contribution in [3.05, 3.63) is 34.3 Å². The third-order valence-electron chi connectivity index (χ3n) is 4.27. The van der Waals surface area contributed by atoms with Crippen LogP contribution in [0.1, 0.15) is 45.5 Å². The lowest BCUT2D eigenvalue weighted by molar-refractivity contribution is -0.137. The first-order chi connectivity index (χ1) is 9.62. The van der Waals surface area contributed by atoms with E-state index in [-0.39, 0.29) is 12.2 Å². The van der Waals surface area contributed by atoms with Crippen LogP contribution in [-0.2, 0) is 14.1 Å². The minimum atomic E-state index is -0.866. The van der Waals surface area contributed by atoms with E-state index in [1.807, 2.05) is 52.0 Å². The van der Waals surface area contributed by atoms with Gasteiger partial charge in [0.2, 0.25) is 0 Å². The van der Waals surface area contributed by atoms with Crippen molar-refractivity contribution in [3.8, 4) is 0 Å². The highest BCUT2D eigenvalue weighted by Gasteiger charge is 2.54. The van der Waals surface area contributed by atoms with Crippen LogP contribution in [0.15, 0.2) is 28.7 Å². The van der Waals surface area contributed by atoms with Crippen LogP contribution in [0.2, 0.25) is 0 Å². The number of aliphatic carboxylic acids is 1. The SMILES string of the molecule is CC1(C)OB(C(CC(=O)O)c2cccc(Br)c2)OC1(C)C. The van der Waals surface area contributed by atoms with Crippen molar-refractivity contribution in [3.63, 3.8) is 0 Å². The summed E-state index contributed by atoms with van der Waals surface area (Å²) in [7, 11) is -0.569. The molecule has 0 bridgehead atoms. The second-order valence-corrected chi connectivity index (χ2v) is 7.30. The summed E-state index contributed by atoms with van der Waals surface area (Å²) in [6.45, 7) is 7.86. The van der Waals surface area contributed by atoms with E-state index in [2.05, 4.69) is 15.9 Å². The highest BCUT2D eigenvalue weighted by molar-refractivity contribution is 9.10. The second-order valence-electron chi connectivity index (χ2n) is 6.38. The van der Waals surface area contributed by atoms with Crippen molar-refractivity contribution in [2.24, 2.45) is 0 Å². The number of carboxylic acids is 1. The van der Waals surface area contributed by atoms with Gasteiger partial charge in [-0.3, -0.25) is 4.79 Å². The zero-order chi connectivity index (χ0) is 15.8. The Morgan fingerprint density at radius 3 is 2.33 bits per heavy atom. The van der Waals surface area contributed by atoms with E-state index in [1.54, 1.807) is 0 Å². The van der Waals surface area contributed by atoms with Crippen LogP contribution in [-0.4, -0.2) is 29.4 Å².